The molecule has 6 rings (SSSR count). The Morgan fingerprint density at radius 3 is 1.24 bits per heavy atom. The van der Waals surface area contributed by atoms with Crippen molar-refractivity contribution in [2.24, 2.45) is 5.73 Å². The quantitative estimate of drug-likeness (QED) is 0.0594. The second-order valence-electron chi connectivity index (χ2n) is 11.0. The molecule has 0 radical (unpaired) electrons. The number of sulfonamides is 2. The van der Waals surface area contributed by atoms with Gasteiger partial charge >= 0.3 is 0 Å². The molecule has 0 spiro atoms. The molecule has 3 aromatic heterocycles. The second kappa shape index (κ2) is 22.5. The van der Waals surface area contributed by atoms with Crippen LogP contribution < -0.4 is 20.9 Å². The van der Waals surface area contributed by atoms with Gasteiger partial charge in [0, 0.05) is 96.3 Å². The molecule has 3 aromatic carbocycles. The van der Waals surface area contributed by atoms with Gasteiger partial charge in [-0.2, -0.15) is 0 Å². The highest BCUT2D eigenvalue weighted by atomic mass is 35.7. The van der Waals surface area contributed by atoms with Gasteiger partial charge in [0.15, 0.2) is 9.79 Å². The molecule has 0 aliphatic heterocycles. The molecule has 22 nitrogen and oxygen atoms in total. The maximum atomic E-state index is 12.1. The predicted molar refractivity (Wildman–Crippen MR) is 212 cm³/mol. The van der Waals surface area contributed by atoms with Crippen LogP contribution in [0.15, 0.2) is 144 Å². The number of hydrogen-bond donors (Lipinski definition) is 4. The van der Waals surface area contributed by atoms with Crippen LogP contribution in [0, 0.1) is 20.2 Å². The van der Waals surface area contributed by atoms with Crippen molar-refractivity contribution in [3.63, 3.8) is 0 Å². The van der Waals surface area contributed by atoms with Crippen LogP contribution in [0.2, 0.25) is 0 Å². The van der Waals surface area contributed by atoms with Gasteiger partial charge in [-0.15, -0.1) is 0 Å². The van der Waals surface area contributed by atoms with Crippen molar-refractivity contribution in [3.8, 4) is 0 Å². The van der Waals surface area contributed by atoms with Gasteiger partial charge in [-0.25, -0.2) is 64.6 Å². The summed E-state index contributed by atoms with van der Waals surface area (Å²) in [5, 5.41) is 21.2. The summed E-state index contributed by atoms with van der Waals surface area (Å²) in [6.07, 6.45) is 13.6. The standard InChI is InChI=1S/C11H10N4O4S.C11H12N4O2S.C6H4ClNO4S.C5H7N3/c16-15(17)10-3-1-2-4-11(10)20(18,19)14-7-9-5-12-8-13-6-9;12-10-3-1-2-4-11(10)18(16,17)15-7-9-5-13-8-14-6-9;7-13(11,12)6-4-2-1-3-5(6)8(9)10;6-1-5-2-7-4-8-3-5/h1-6,8,14H,7H2;1-6,8,15H,7,12H2;1-4H;2-4H,1,6H2. The summed E-state index contributed by atoms with van der Waals surface area (Å²) in [6, 6.07) is 16.3. The van der Waals surface area contributed by atoms with Gasteiger partial charge in [0.05, 0.1) is 15.5 Å². The summed E-state index contributed by atoms with van der Waals surface area (Å²) in [6.45, 7) is 0.591. The minimum atomic E-state index is -4.05. The number of hydrogen-bond acceptors (Lipinski definition) is 18. The van der Waals surface area contributed by atoms with Gasteiger partial charge in [-0.05, 0) is 24.3 Å². The Bertz CT molecular complexity index is 2640. The molecule has 6 aromatic rings. The molecule has 0 bridgehead atoms. The number of para-hydroxylation sites is 3. The number of anilines is 1. The van der Waals surface area contributed by atoms with E-state index in [1.807, 2.05) is 0 Å². The van der Waals surface area contributed by atoms with E-state index in [2.05, 4.69) is 39.3 Å². The first-order valence-corrected chi connectivity index (χ1v) is 21.4. The van der Waals surface area contributed by atoms with Crippen LogP contribution >= 0.6 is 10.7 Å². The van der Waals surface area contributed by atoms with Crippen LogP contribution in [0.25, 0.3) is 0 Å². The average Bonchev–Trinajstić information content (AvgIpc) is 3.24. The Morgan fingerprint density at radius 2 is 0.881 bits per heavy atom. The molecule has 6 N–H and O–H groups in total. The largest absolute Gasteiger partial charge is 0.398 e. The fourth-order valence-corrected chi connectivity index (χ4v) is 7.53. The Labute approximate surface area is 341 Å². The summed E-state index contributed by atoms with van der Waals surface area (Å²) in [4.78, 5) is 41.5. The van der Waals surface area contributed by atoms with Crippen molar-refractivity contribution in [2.75, 3.05) is 5.73 Å². The highest BCUT2D eigenvalue weighted by Crippen LogP contribution is 2.26. The van der Waals surface area contributed by atoms with Gasteiger partial charge in [-0.3, -0.25) is 20.2 Å². The first kappa shape index (κ1) is 46.9. The lowest BCUT2D eigenvalue weighted by atomic mass is 10.3. The zero-order valence-electron chi connectivity index (χ0n) is 30.2. The van der Waals surface area contributed by atoms with Crippen molar-refractivity contribution < 1.29 is 35.1 Å². The van der Waals surface area contributed by atoms with E-state index in [-0.39, 0.29) is 28.6 Å². The monoisotopic (exact) mass is 888 g/mol. The fourth-order valence-electron chi connectivity index (χ4n) is 4.16. The summed E-state index contributed by atoms with van der Waals surface area (Å²) in [5.74, 6) is 0. The van der Waals surface area contributed by atoms with Crippen LogP contribution in [0.1, 0.15) is 16.7 Å². The van der Waals surface area contributed by atoms with Gasteiger partial charge in [0.1, 0.15) is 23.9 Å². The molecule has 0 saturated carbocycles. The van der Waals surface area contributed by atoms with E-state index in [0.717, 1.165) is 23.8 Å². The third-order valence-electron chi connectivity index (χ3n) is 6.90. The Balaban J connectivity index is 0.000000220. The zero-order valence-corrected chi connectivity index (χ0v) is 33.4. The van der Waals surface area contributed by atoms with Gasteiger partial charge in [0.2, 0.25) is 20.0 Å². The number of nitrogens with two attached hydrogens (primary N) is 2. The van der Waals surface area contributed by atoms with Gasteiger partial charge < -0.3 is 11.5 Å². The number of halogens is 1. The van der Waals surface area contributed by atoms with Crippen molar-refractivity contribution >= 4 is 56.8 Å². The third kappa shape index (κ3) is 15.4. The van der Waals surface area contributed by atoms with Crippen LogP contribution in [-0.4, -0.2) is 65.0 Å². The molecular weight excluding hydrogens is 856 g/mol. The lowest BCUT2D eigenvalue weighted by Gasteiger charge is -2.08. The van der Waals surface area contributed by atoms with E-state index in [1.54, 1.807) is 43.0 Å². The molecule has 0 saturated heterocycles. The van der Waals surface area contributed by atoms with Gasteiger partial charge in [-0.1, -0.05) is 36.4 Å². The maximum absolute atomic E-state index is 12.1. The summed E-state index contributed by atoms with van der Waals surface area (Å²) >= 11 is 0. The molecule has 0 unspecified atom stereocenters. The molecule has 310 valence electrons. The third-order valence-corrected chi connectivity index (χ3v) is 11.2. The van der Waals surface area contributed by atoms with Crippen molar-refractivity contribution in [1.82, 2.24) is 39.3 Å². The molecule has 0 aliphatic rings. The molecule has 0 aliphatic carbocycles. The van der Waals surface area contributed by atoms with Crippen molar-refractivity contribution in [2.45, 2.75) is 34.3 Å². The van der Waals surface area contributed by atoms with E-state index in [1.165, 1.54) is 67.8 Å². The molecular formula is C33H33ClN12O10S3. The molecule has 59 heavy (non-hydrogen) atoms. The maximum Gasteiger partial charge on any atom is 0.289 e. The van der Waals surface area contributed by atoms with Crippen LogP contribution in [0.4, 0.5) is 17.1 Å². The first-order valence-electron chi connectivity index (χ1n) is 16.1. The van der Waals surface area contributed by atoms with Crippen molar-refractivity contribution in [3.05, 3.63) is 166 Å². The summed E-state index contributed by atoms with van der Waals surface area (Å²) in [7, 11) is -6.67. The number of nitrogens with zero attached hydrogens (tertiary/aromatic N) is 8. The number of benzene rings is 3. The lowest BCUT2D eigenvalue weighted by Crippen LogP contribution is -2.24. The molecule has 0 atom stereocenters. The lowest BCUT2D eigenvalue weighted by molar-refractivity contribution is -0.388. The van der Waals surface area contributed by atoms with E-state index in [9.17, 15) is 45.5 Å². The van der Waals surface area contributed by atoms with Gasteiger partial charge in [0.25, 0.3) is 20.4 Å². The highest BCUT2D eigenvalue weighted by Gasteiger charge is 2.25. The Kier molecular flexibility index (Phi) is 17.9. The summed E-state index contributed by atoms with van der Waals surface area (Å²) < 4.78 is 74.5. The van der Waals surface area contributed by atoms with Crippen LogP contribution in [0.5, 0.6) is 0 Å². The SMILES string of the molecule is NCc1cncnc1.Nc1ccccc1S(=O)(=O)NCc1cncnc1.O=[N+]([O-])c1ccccc1S(=O)(=O)Cl.O=[N+]([O-])c1ccccc1S(=O)(=O)NCc1cncnc1. The minimum Gasteiger partial charge on any atom is -0.398 e. The highest BCUT2D eigenvalue weighted by molar-refractivity contribution is 8.13. The molecule has 0 amide bonds. The average molecular weight is 889 g/mol. The van der Waals surface area contributed by atoms with Crippen LogP contribution in [0.3, 0.4) is 0 Å². The second-order valence-corrected chi connectivity index (χ2v) is 17.0. The minimum absolute atomic E-state index is 0.0464. The number of nitro groups is 2. The number of aromatic nitrogens is 6. The van der Waals surface area contributed by atoms with Crippen molar-refractivity contribution in [1.29, 1.82) is 0 Å². The first-order chi connectivity index (χ1) is 28.0. The van der Waals surface area contributed by atoms with E-state index in [4.69, 9.17) is 22.1 Å². The van der Waals surface area contributed by atoms with E-state index in [0.29, 0.717) is 17.7 Å². The van der Waals surface area contributed by atoms with E-state index < -0.39 is 55.2 Å². The number of nitrogen functional groups attached to an aromatic ring is 1. The Morgan fingerprint density at radius 1 is 0.542 bits per heavy atom. The summed E-state index contributed by atoms with van der Waals surface area (Å²) in [5.41, 5.74) is 12.3. The Hall–Kier alpha value is -6.48. The number of rotatable bonds is 12. The number of nitro benzene ring substituents is 2. The molecule has 26 heteroatoms. The smallest absolute Gasteiger partial charge is 0.289 e. The normalized spacial score (nSPS) is 10.9. The number of nitrogens with one attached hydrogen (secondary N) is 2. The predicted octanol–water partition coefficient (Wildman–Crippen LogP) is 2.86. The van der Waals surface area contributed by atoms with E-state index >= 15 is 0 Å². The topological polar surface area (TPSA) is 342 Å². The fraction of sp³-hybridized carbons (Fsp3) is 0.0909. The van der Waals surface area contributed by atoms with Crippen LogP contribution in [-0.2, 0) is 48.7 Å². The molecule has 0 fully saturated rings. The zero-order chi connectivity index (χ0) is 43.5. The molecule has 3 heterocycles.